The highest BCUT2D eigenvalue weighted by Gasteiger charge is 2.23. The Labute approximate surface area is 122 Å². The Morgan fingerprint density at radius 2 is 2.33 bits per heavy atom. The second-order valence-corrected chi connectivity index (χ2v) is 5.31. The van der Waals surface area contributed by atoms with Crippen molar-refractivity contribution in [3.05, 3.63) is 33.0 Å². The number of furan rings is 1. The number of carbonyl (C=O) groups is 1. The highest BCUT2D eigenvalue weighted by Crippen LogP contribution is 2.32. The van der Waals surface area contributed by atoms with Gasteiger partial charge < -0.3 is 9.15 Å². The molecule has 1 amide bonds. The first-order chi connectivity index (χ1) is 10.1. The molecule has 0 aliphatic carbocycles. The van der Waals surface area contributed by atoms with Gasteiger partial charge in [-0.3, -0.25) is 20.2 Å². The Bertz CT molecular complexity index is 676. The molecule has 10 heteroatoms. The van der Waals surface area contributed by atoms with Crippen LogP contribution in [0.25, 0.3) is 0 Å². The Hall–Kier alpha value is -2.33. The molecule has 1 aliphatic rings. The average Bonchev–Trinajstić information content (AvgIpc) is 3.19. The fourth-order valence-electron chi connectivity index (χ4n) is 1.89. The SMILES string of the molecule is O=C(Nc1nnc(C2CCCO2)s1)c1ccc([N+](=O)[O-])o1. The molecule has 1 atom stereocenters. The first-order valence-electron chi connectivity index (χ1n) is 6.14. The minimum atomic E-state index is -0.711. The molecule has 0 bridgehead atoms. The third-order valence-electron chi connectivity index (χ3n) is 2.86. The Kier molecular flexibility index (Phi) is 3.62. The minimum Gasteiger partial charge on any atom is -0.395 e. The molecule has 1 fully saturated rings. The predicted octanol–water partition coefficient (Wildman–Crippen LogP) is 2.14. The van der Waals surface area contributed by atoms with Crippen LogP contribution in [0.15, 0.2) is 16.5 Å². The average molecular weight is 310 g/mol. The molecule has 0 spiro atoms. The number of aromatic nitrogens is 2. The van der Waals surface area contributed by atoms with E-state index in [1.807, 2.05) is 0 Å². The molecule has 3 heterocycles. The lowest BCUT2D eigenvalue weighted by molar-refractivity contribution is -0.402. The maximum absolute atomic E-state index is 11.9. The van der Waals surface area contributed by atoms with Crippen LogP contribution in [0.5, 0.6) is 0 Å². The zero-order valence-electron chi connectivity index (χ0n) is 10.6. The van der Waals surface area contributed by atoms with E-state index in [0.717, 1.165) is 18.9 Å². The van der Waals surface area contributed by atoms with E-state index in [-0.39, 0.29) is 11.9 Å². The molecule has 0 aromatic carbocycles. The van der Waals surface area contributed by atoms with Gasteiger partial charge in [0.1, 0.15) is 16.0 Å². The van der Waals surface area contributed by atoms with Crippen LogP contribution in [0.2, 0.25) is 0 Å². The zero-order chi connectivity index (χ0) is 14.8. The lowest BCUT2D eigenvalue weighted by Crippen LogP contribution is -2.10. The summed E-state index contributed by atoms with van der Waals surface area (Å²) in [7, 11) is 0. The number of ether oxygens (including phenoxy) is 1. The Morgan fingerprint density at radius 1 is 1.48 bits per heavy atom. The molecule has 2 aromatic rings. The molecule has 3 rings (SSSR count). The molecule has 1 N–H and O–H groups in total. The maximum atomic E-state index is 11.9. The number of rotatable bonds is 4. The van der Waals surface area contributed by atoms with E-state index in [1.165, 1.54) is 17.4 Å². The molecule has 1 aliphatic heterocycles. The van der Waals surface area contributed by atoms with Crippen LogP contribution < -0.4 is 5.32 Å². The van der Waals surface area contributed by atoms with E-state index in [1.54, 1.807) is 0 Å². The van der Waals surface area contributed by atoms with E-state index >= 15 is 0 Å². The van der Waals surface area contributed by atoms with Gasteiger partial charge in [-0.05, 0) is 18.9 Å². The van der Waals surface area contributed by atoms with Crippen molar-refractivity contribution in [3.63, 3.8) is 0 Å². The van der Waals surface area contributed by atoms with Crippen molar-refractivity contribution < 1.29 is 18.9 Å². The summed E-state index contributed by atoms with van der Waals surface area (Å²) in [5, 5.41) is 21.8. The second-order valence-electron chi connectivity index (χ2n) is 4.30. The standard InChI is InChI=1S/C11H10N4O5S/c16-9(6-3-4-8(20-6)15(17)18)12-11-14-13-10(21-11)7-2-1-5-19-7/h3-4,7H,1-2,5H2,(H,12,14,16). The number of nitrogens with zero attached hydrogens (tertiary/aromatic N) is 3. The molecule has 21 heavy (non-hydrogen) atoms. The first kappa shape index (κ1) is 13.6. The number of nitrogens with one attached hydrogen (secondary N) is 1. The van der Waals surface area contributed by atoms with Gasteiger partial charge in [-0.25, -0.2) is 0 Å². The zero-order valence-corrected chi connectivity index (χ0v) is 11.5. The number of nitro groups is 1. The summed E-state index contributed by atoms with van der Waals surface area (Å²) in [6, 6.07) is 2.35. The fourth-order valence-corrected chi connectivity index (χ4v) is 2.72. The van der Waals surface area contributed by atoms with Crippen LogP contribution in [-0.2, 0) is 4.74 Å². The van der Waals surface area contributed by atoms with Crippen molar-refractivity contribution in [2.24, 2.45) is 0 Å². The lowest BCUT2D eigenvalue weighted by Gasteiger charge is -2.02. The summed E-state index contributed by atoms with van der Waals surface area (Å²) in [5.74, 6) is -1.26. The number of hydrogen-bond acceptors (Lipinski definition) is 8. The minimum absolute atomic E-state index is 0.0714. The van der Waals surface area contributed by atoms with Gasteiger partial charge in [-0.15, -0.1) is 10.2 Å². The van der Waals surface area contributed by atoms with Crippen LogP contribution in [0, 0.1) is 10.1 Å². The van der Waals surface area contributed by atoms with E-state index in [4.69, 9.17) is 9.15 Å². The van der Waals surface area contributed by atoms with Crippen molar-refractivity contribution in [3.8, 4) is 0 Å². The highest BCUT2D eigenvalue weighted by molar-refractivity contribution is 7.15. The normalized spacial score (nSPS) is 17.8. The second kappa shape index (κ2) is 5.58. The number of amides is 1. The largest absolute Gasteiger partial charge is 0.433 e. The molecule has 0 saturated carbocycles. The van der Waals surface area contributed by atoms with E-state index in [9.17, 15) is 14.9 Å². The molecule has 1 unspecified atom stereocenters. The topological polar surface area (TPSA) is 120 Å². The van der Waals surface area contributed by atoms with Crippen LogP contribution in [0.1, 0.15) is 34.5 Å². The third kappa shape index (κ3) is 2.90. The predicted molar refractivity (Wildman–Crippen MR) is 71.2 cm³/mol. The molecule has 0 radical (unpaired) electrons. The summed E-state index contributed by atoms with van der Waals surface area (Å²) in [6.07, 6.45) is 1.78. The number of anilines is 1. The van der Waals surface area contributed by atoms with Gasteiger partial charge in [-0.1, -0.05) is 11.3 Å². The summed E-state index contributed by atoms with van der Waals surface area (Å²) in [5.41, 5.74) is 0. The number of hydrogen-bond donors (Lipinski definition) is 1. The van der Waals surface area contributed by atoms with Crippen LogP contribution in [0.3, 0.4) is 0 Å². The van der Waals surface area contributed by atoms with E-state index < -0.39 is 16.7 Å². The maximum Gasteiger partial charge on any atom is 0.433 e. The summed E-state index contributed by atoms with van der Waals surface area (Å²) >= 11 is 1.21. The third-order valence-corrected chi connectivity index (χ3v) is 3.79. The first-order valence-corrected chi connectivity index (χ1v) is 6.96. The van der Waals surface area contributed by atoms with Gasteiger partial charge in [0, 0.05) is 6.61 Å². The van der Waals surface area contributed by atoms with Gasteiger partial charge in [-0.2, -0.15) is 0 Å². The Morgan fingerprint density at radius 3 is 3.00 bits per heavy atom. The smallest absolute Gasteiger partial charge is 0.395 e. The van der Waals surface area contributed by atoms with Gasteiger partial charge in [0.2, 0.25) is 5.13 Å². The quantitative estimate of drug-likeness (QED) is 0.678. The van der Waals surface area contributed by atoms with Crippen molar-refractivity contribution in [2.45, 2.75) is 18.9 Å². The van der Waals surface area contributed by atoms with Crippen LogP contribution >= 0.6 is 11.3 Å². The van der Waals surface area contributed by atoms with E-state index in [2.05, 4.69) is 15.5 Å². The van der Waals surface area contributed by atoms with Crippen molar-refractivity contribution in [1.29, 1.82) is 0 Å². The summed E-state index contributed by atoms with van der Waals surface area (Å²) < 4.78 is 10.3. The molecular formula is C11H10N4O5S. The lowest BCUT2D eigenvalue weighted by atomic mass is 10.2. The summed E-state index contributed by atoms with van der Waals surface area (Å²) in [4.78, 5) is 21.6. The molecule has 110 valence electrons. The van der Waals surface area contributed by atoms with Crippen molar-refractivity contribution in [2.75, 3.05) is 11.9 Å². The highest BCUT2D eigenvalue weighted by atomic mass is 32.1. The van der Waals surface area contributed by atoms with Gasteiger partial charge >= 0.3 is 5.88 Å². The van der Waals surface area contributed by atoms with Gasteiger partial charge in [0.15, 0.2) is 5.76 Å². The van der Waals surface area contributed by atoms with Crippen molar-refractivity contribution >= 4 is 28.3 Å². The van der Waals surface area contributed by atoms with Crippen LogP contribution in [0.4, 0.5) is 11.0 Å². The summed E-state index contributed by atoms with van der Waals surface area (Å²) in [6.45, 7) is 0.696. The molecule has 1 saturated heterocycles. The molecular weight excluding hydrogens is 300 g/mol. The fraction of sp³-hybridized carbons (Fsp3) is 0.364. The van der Waals surface area contributed by atoms with Crippen molar-refractivity contribution in [1.82, 2.24) is 10.2 Å². The van der Waals surface area contributed by atoms with Crippen LogP contribution in [-0.4, -0.2) is 27.6 Å². The Balaban J connectivity index is 1.67. The molecule has 9 nitrogen and oxygen atoms in total. The van der Waals surface area contributed by atoms with Gasteiger partial charge in [0.05, 0.1) is 6.07 Å². The number of carbonyl (C=O) groups excluding carboxylic acids is 1. The monoisotopic (exact) mass is 310 g/mol. The molecule has 2 aromatic heterocycles. The van der Waals surface area contributed by atoms with Gasteiger partial charge in [0.25, 0.3) is 5.91 Å². The van der Waals surface area contributed by atoms with E-state index in [0.29, 0.717) is 16.7 Å².